The van der Waals surface area contributed by atoms with Crippen LogP contribution < -0.4 is 10.2 Å². The van der Waals surface area contributed by atoms with Crippen molar-refractivity contribution in [3.05, 3.63) is 29.4 Å². The van der Waals surface area contributed by atoms with Crippen LogP contribution in [0.2, 0.25) is 0 Å². The predicted molar refractivity (Wildman–Crippen MR) is 108 cm³/mol. The van der Waals surface area contributed by atoms with Crippen molar-refractivity contribution in [1.82, 2.24) is 39.8 Å². The third-order valence-corrected chi connectivity index (χ3v) is 5.29. The van der Waals surface area contributed by atoms with Gasteiger partial charge in [-0.3, -0.25) is 10.3 Å². The molecule has 29 heavy (non-hydrogen) atoms. The van der Waals surface area contributed by atoms with Crippen molar-refractivity contribution in [3.63, 3.8) is 0 Å². The van der Waals surface area contributed by atoms with E-state index in [1.165, 1.54) is 0 Å². The molecule has 0 amide bonds. The zero-order valence-corrected chi connectivity index (χ0v) is 17.9. The number of hydrogen-bond acceptors (Lipinski definition) is 8. The van der Waals surface area contributed by atoms with Crippen LogP contribution in [0.1, 0.15) is 36.8 Å². The van der Waals surface area contributed by atoms with Crippen molar-refractivity contribution >= 4 is 26.7 Å². The number of sulfonamides is 1. The van der Waals surface area contributed by atoms with Crippen molar-refractivity contribution in [3.8, 4) is 0 Å². The number of imidazole rings is 1. The van der Waals surface area contributed by atoms with Crippen LogP contribution in [-0.2, 0) is 28.0 Å². The Balaban J connectivity index is 1.93. The van der Waals surface area contributed by atoms with Crippen LogP contribution in [0.15, 0.2) is 12.3 Å². The number of aryl methyl sites for hydroxylation is 3. The van der Waals surface area contributed by atoms with Crippen molar-refractivity contribution < 1.29 is 13.3 Å². The molecule has 0 bridgehead atoms. The van der Waals surface area contributed by atoms with Gasteiger partial charge in [0.2, 0.25) is 15.7 Å². The molecule has 2 N–H and O–H groups in total. The van der Waals surface area contributed by atoms with E-state index >= 15 is 0 Å². The lowest BCUT2D eigenvalue weighted by Crippen LogP contribution is -2.23. The molecule has 0 unspecified atom stereocenters. The molecule has 0 spiro atoms. The third kappa shape index (κ3) is 4.71. The number of nitrogens with zero attached hydrogens (tertiary/aromatic N) is 6. The summed E-state index contributed by atoms with van der Waals surface area (Å²) in [5, 5.41) is 12.0. The predicted octanol–water partition coefficient (Wildman–Crippen LogP) is 0.975. The van der Waals surface area contributed by atoms with Gasteiger partial charge in [0.1, 0.15) is 17.9 Å². The summed E-state index contributed by atoms with van der Waals surface area (Å²) < 4.78 is 28.7. The minimum atomic E-state index is -3.18. The van der Waals surface area contributed by atoms with Crippen LogP contribution in [0.3, 0.4) is 0 Å². The van der Waals surface area contributed by atoms with E-state index in [1.54, 1.807) is 11.4 Å². The molecule has 3 aromatic rings. The summed E-state index contributed by atoms with van der Waals surface area (Å²) in [7, 11) is -3.18. The van der Waals surface area contributed by atoms with Gasteiger partial charge >= 0.3 is 0 Å². The number of unbranched alkanes of at least 4 members (excludes halogenated alkanes) is 1. The topological polar surface area (TPSA) is 128 Å². The van der Waals surface area contributed by atoms with Gasteiger partial charge < -0.3 is 4.57 Å². The molecule has 12 heteroatoms. The fourth-order valence-corrected chi connectivity index (χ4v) is 3.67. The number of aromatic nitrogens is 6. The van der Waals surface area contributed by atoms with Crippen molar-refractivity contribution in [2.75, 3.05) is 12.8 Å². The number of nitrogens with one attached hydrogen (secondary N) is 2. The van der Waals surface area contributed by atoms with E-state index in [1.807, 2.05) is 13.8 Å². The Labute approximate surface area is 169 Å². The molecule has 158 valence electrons. The van der Waals surface area contributed by atoms with Gasteiger partial charge in [-0.15, -0.1) is 5.10 Å². The molecule has 0 atom stereocenters. The lowest BCUT2D eigenvalue weighted by atomic mass is 10.2. The summed E-state index contributed by atoms with van der Waals surface area (Å²) in [5.41, 5.74) is 7.66. The highest BCUT2D eigenvalue weighted by atomic mass is 32.2. The molecule has 0 saturated heterocycles. The third-order valence-electron chi connectivity index (χ3n) is 4.56. The molecular formula is C17H26N8O3S. The maximum absolute atomic E-state index is 11.2. The van der Waals surface area contributed by atoms with E-state index in [-0.39, 0.29) is 6.61 Å². The summed E-state index contributed by atoms with van der Waals surface area (Å²) in [5.74, 6) is 0.725. The van der Waals surface area contributed by atoms with Crippen molar-refractivity contribution in [2.24, 2.45) is 0 Å². The van der Waals surface area contributed by atoms with Crippen LogP contribution in [0.25, 0.3) is 16.7 Å². The van der Waals surface area contributed by atoms with Gasteiger partial charge in [-0.1, -0.05) is 6.58 Å². The summed E-state index contributed by atoms with van der Waals surface area (Å²) in [6.45, 7) is 10.8. The quantitative estimate of drug-likeness (QED) is 0.365. The van der Waals surface area contributed by atoms with Gasteiger partial charge in [-0.2, -0.15) is 4.52 Å². The first kappa shape index (κ1) is 21.1. The minimum Gasteiger partial charge on any atom is -0.326 e. The Hall–Kier alpha value is -2.57. The molecule has 3 rings (SSSR count). The molecule has 3 aromatic heterocycles. The molecule has 0 fully saturated rings. The fraction of sp³-hybridized carbons (Fsp3) is 0.529. The normalized spacial score (nSPS) is 12.1. The second-order valence-electron chi connectivity index (χ2n) is 7.05. The Morgan fingerprint density at radius 1 is 1.28 bits per heavy atom. The number of tetrazole rings is 1. The van der Waals surface area contributed by atoms with Crippen molar-refractivity contribution in [1.29, 1.82) is 0 Å². The highest BCUT2D eigenvalue weighted by Gasteiger charge is 2.20. The van der Waals surface area contributed by atoms with Crippen molar-refractivity contribution in [2.45, 2.75) is 46.8 Å². The molecule has 0 aliphatic carbocycles. The van der Waals surface area contributed by atoms with E-state index in [4.69, 9.17) is 9.82 Å². The smallest absolute Gasteiger partial charge is 0.208 e. The number of pyridine rings is 1. The van der Waals surface area contributed by atoms with Crippen LogP contribution in [-0.4, -0.2) is 50.8 Å². The second kappa shape index (κ2) is 8.43. The highest BCUT2D eigenvalue weighted by Crippen LogP contribution is 2.26. The molecule has 3 heterocycles. The summed E-state index contributed by atoms with van der Waals surface area (Å²) in [6.07, 6.45) is 2.62. The van der Waals surface area contributed by atoms with Crippen LogP contribution in [0, 0.1) is 13.8 Å². The lowest BCUT2D eigenvalue weighted by molar-refractivity contribution is 0.0438. The molecule has 0 aromatic carbocycles. The number of allylic oxidation sites excluding steroid dienone is 1. The molecule has 0 saturated carbocycles. The average Bonchev–Trinajstić information content (AvgIpc) is 3.23. The second-order valence-corrected chi connectivity index (χ2v) is 8.88. The first-order chi connectivity index (χ1) is 13.7. The molecular weight excluding hydrogens is 396 g/mol. The number of hydrogen-bond donors (Lipinski definition) is 2. The molecule has 0 aliphatic heterocycles. The van der Waals surface area contributed by atoms with E-state index < -0.39 is 10.0 Å². The first-order valence-electron chi connectivity index (χ1n) is 9.23. The van der Waals surface area contributed by atoms with Gasteiger partial charge in [-0.25, -0.2) is 18.1 Å². The van der Waals surface area contributed by atoms with Gasteiger partial charge in [0.05, 0.1) is 11.8 Å². The molecule has 11 nitrogen and oxygen atoms in total. The van der Waals surface area contributed by atoms with Gasteiger partial charge in [0, 0.05) is 24.5 Å². The fourth-order valence-electron chi connectivity index (χ4n) is 3.15. The Bertz CT molecular complexity index is 1150. The monoisotopic (exact) mass is 422 g/mol. The zero-order chi connectivity index (χ0) is 21.2. The Morgan fingerprint density at radius 3 is 2.72 bits per heavy atom. The standard InChI is InChI=1S/C17H26N8O3S/c1-11(2)21-28-10-14-19-15-16(12(3)13(4)25-17(15)20-22-23-25)24(14)9-7-6-8-18-29(5,26)27/h18,21H,1,6-10H2,2-5H3. The maximum Gasteiger partial charge on any atom is 0.208 e. The van der Waals surface area contributed by atoms with Gasteiger partial charge in [0.15, 0.2) is 0 Å². The highest BCUT2D eigenvalue weighted by molar-refractivity contribution is 7.88. The average molecular weight is 423 g/mol. The number of rotatable bonds is 10. The minimum absolute atomic E-state index is 0.231. The first-order valence-corrected chi connectivity index (χ1v) is 11.1. The van der Waals surface area contributed by atoms with E-state index in [2.05, 4.69) is 36.9 Å². The van der Waals surface area contributed by atoms with E-state index in [0.717, 1.165) is 35.3 Å². The van der Waals surface area contributed by atoms with Gasteiger partial charge in [0.25, 0.3) is 0 Å². The lowest BCUT2D eigenvalue weighted by Gasteiger charge is -2.12. The number of hydroxylamine groups is 1. The Morgan fingerprint density at radius 2 is 2.03 bits per heavy atom. The Kier molecular flexibility index (Phi) is 6.15. The number of fused-ring (bicyclic) bond motifs is 3. The van der Waals surface area contributed by atoms with E-state index in [0.29, 0.717) is 36.4 Å². The van der Waals surface area contributed by atoms with E-state index in [9.17, 15) is 8.42 Å². The maximum atomic E-state index is 11.2. The largest absolute Gasteiger partial charge is 0.326 e. The molecule has 0 radical (unpaired) electrons. The van der Waals surface area contributed by atoms with Gasteiger partial charge in [-0.05, 0) is 49.6 Å². The summed E-state index contributed by atoms with van der Waals surface area (Å²) >= 11 is 0. The SMILES string of the molecule is C=C(C)NOCc1nc2c(c(C)c(C)n3nnnc23)n1CCCCNS(C)(=O)=O. The molecule has 0 aliphatic rings. The summed E-state index contributed by atoms with van der Waals surface area (Å²) in [4.78, 5) is 10.2. The van der Waals surface area contributed by atoms with Crippen LogP contribution in [0.5, 0.6) is 0 Å². The zero-order valence-electron chi connectivity index (χ0n) is 17.1. The van der Waals surface area contributed by atoms with Crippen LogP contribution in [0.4, 0.5) is 0 Å². The summed E-state index contributed by atoms with van der Waals surface area (Å²) in [6, 6.07) is 0. The van der Waals surface area contributed by atoms with Crippen LogP contribution >= 0.6 is 0 Å².